The number of rotatable bonds is 4. The fourth-order valence-corrected chi connectivity index (χ4v) is 2.48. The number of thioether (sulfide) groups is 1. The standard InChI is InChI=1S/C11H12N6OS/c1-3-8-15-9(18-16-8)5-19-11-7-4-14-17(2)10(7)12-6-13-11/h4,6H,3,5H2,1-2H3. The summed E-state index contributed by atoms with van der Waals surface area (Å²) in [4.78, 5) is 12.7. The Labute approximate surface area is 113 Å². The van der Waals surface area contributed by atoms with E-state index in [9.17, 15) is 0 Å². The van der Waals surface area contributed by atoms with Crippen LogP contribution in [-0.2, 0) is 19.2 Å². The summed E-state index contributed by atoms with van der Waals surface area (Å²) in [6, 6.07) is 0. The Morgan fingerprint density at radius 3 is 3.05 bits per heavy atom. The van der Waals surface area contributed by atoms with E-state index in [0.717, 1.165) is 28.3 Å². The lowest BCUT2D eigenvalue weighted by Gasteiger charge is -1.99. The third kappa shape index (κ3) is 2.30. The maximum Gasteiger partial charge on any atom is 0.237 e. The predicted molar refractivity (Wildman–Crippen MR) is 69.5 cm³/mol. The molecule has 0 radical (unpaired) electrons. The summed E-state index contributed by atoms with van der Waals surface area (Å²) >= 11 is 1.54. The van der Waals surface area contributed by atoms with E-state index in [4.69, 9.17) is 4.52 Å². The third-order valence-electron chi connectivity index (χ3n) is 2.65. The number of hydrogen-bond acceptors (Lipinski definition) is 7. The number of nitrogens with zero attached hydrogens (tertiary/aromatic N) is 6. The lowest BCUT2D eigenvalue weighted by Crippen LogP contribution is -1.93. The van der Waals surface area contributed by atoms with E-state index < -0.39 is 0 Å². The highest BCUT2D eigenvalue weighted by molar-refractivity contribution is 7.98. The van der Waals surface area contributed by atoms with Crippen molar-refractivity contribution in [1.29, 1.82) is 0 Å². The second-order valence-electron chi connectivity index (χ2n) is 3.93. The fourth-order valence-electron chi connectivity index (χ4n) is 1.68. The minimum atomic E-state index is 0.591. The first-order chi connectivity index (χ1) is 9.28. The first-order valence-corrected chi connectivity index (χ1v) is 6.83. The van der Waals surface area contributed by atoms with E-state index in [1.54, 1.807) is 10.9 Å². The molecule has 0 aliphatic carbocycles. The van der Waals surface area contributed by atoms with Crippen LogP contribution < -0.4 is 0 Å². The van der Waals surface area contributed by atoms with Gasteiger partial charge in [0.15, 0.2) is 11.5 Å². The normalized spacial score (nSPS) is 11.3. The predicted octanol–water partition coefficient (Wildman–Crippen LogP) is 1.60. The van der Waals surface area contributed by atoms with E-state index in [2.05, 4.69) is 25.2 Å². The molecular formula is C11H12N6OS. The van der Waals surface area contributed by atoms with Gasteiger partial charge in [0.25, 0.3) is 0 Å². The molecule has 0 aliphatic heterocycles. The van der Waals surface area contributed by atoms with Crippen LogP contribution in [0.3, 0.4) is 0 Å². The van der Waals surface area contributed by atoms with Gasteiger partial charge in [0.05, 0.1) is 17.3 Å². The molecule has 0 N–H and O–H groups in total. The average molecular weight is 276 g/mol. The van der Waals surface area contributed by atoms with Crippen molar-refractivity contribution in [2.24, 2.45) is 7.05 Å². The van der Waals surface area contributed by atoms with Crippen LogP contribution in [-0.4, -0.2) is 29.9 Å². The molecule has 7 nitrogen and oxygen atoms in total. The molecule has 3 heterocycles. The molecule has 0 atom stereocenters. The molecule has 98 valence electrons. The van der Waals surface area contributed by atoms with Gasteiger partial charge >= 0.3 is 0 Å². The minimum Gasteiger partial charge on any atom is -0.338 e. The zero-order chi connectivity index (χ0) is 13.2. The molecule has 0 bridgehead atoms. The lowest BCUT2D eigenvalue weighted by molar-refractivity contribution is 0.385. The van der Waals surface area contributed by atoms with Gasteiger partial charge in [-0.25, -0.2) is 9.97 Å². The number of fused-ring (bicyclic) bond motifs is 1. The quantitative estimate of drug-likeness (QED) is 0.528. The smallest absolute Gasteiger partial charge is 0.237 e. The third-order valence-corrected chi connectivity index (χ3v) is 3.64. The zero-order valence-electron chi connectivity index (χ0n) is 10.6. The van der Waals surface area contributed by atoms with Gasteiger partial charge in [-0.2, -0.15) is 10.1 Å². The molecule has 19 heavy (non-hydrogen) atoms. The van der Waals surface area contributed by atoms with Crippen LogP contribution in [0.25, 0.3) is 11.0 Å². The average Bonchev–Trinajstić information content (AvgIpc) is 3.04. The first kappa shape index (κ1) is 12.1. The van der Waals surface area contributed by atoms with E-state index >= 15 is 0 Å². The van der Waals surface area contributed by atoms with Crippen LogP contribution in [0.15, 0.2) is 22.1 Å². The Kier molecular flexibility index (Phi) is 3.16. The molecule has 0 unspecified atom stereocenters. The molecule has 0 saturated carbocycles. The Balaban J connectivity index is 1.81. The highest BCUT2D eigenvalue weighted by atomic mass is 32.2. The van der Waals surface area contributed by atoms with Crippen molar-refractivity contribution in [3.63, 3.8) is 0 Å². The van der Waals surface area contributed by atoms with Crippen LogP contribution in [0.5, 0.6) is 0 Å². The Bertz CT molecular complexity index is 706. The number of aromatic nitrogens is 6. The van der Waals surface area contributed by atoms with E-state index in [1.807, 2.05) is 14.0 Å². The summed E-state index contributed by atoms with van der Waals surface area (Å²) in [6.45, 7) is 1.99. The summed E-state index contributed by atoms with van der Waals surface area (Å²) < 4.78 is 6.87. The molecule has 0 aliphatic rings. The Hall–Kier alpha value is -1.96. The molecule has 0 amide bonds. The minimum absolute atomic E-state index is 0.591. The van der Waals surface area contributed by atoms with Crippen LogP contribution in [0.1, 0.15) is 18.6 Å². The van der Waals surface area contributed by atoms with Crippen LogP contribution in [0, 0.1) is 0 Å². The van der Waals surface area contributed by atoms with E-state index in [-0.39, 0.29) is 0 Å². The van der Waals surface area contributed by atoms with Crippen molar-refractivity contribution in [3.8, 4) is 0 Å². The first-order valence-electron chi connectivity index (χ1n) is 5.85. The van der Waals surface area contributed by atoms with Gasteiger partial charge in [-0.3, -0.25) is 4.68 Å². The van der Waals surface area contributed by atoms with Gasteiger partial charge in [0.2, 0.25) is 5.89 Å². The van der Waals surface area contributed by atoms with Crippen molar-refractivity contribution in [2.45, 2.75) is 24.1 Å². The van der Waals surface area contributed by atoms with Gasteiger partial charge in [0.1, 0.15) is 11.4 Å². The molecule has 3 rings (SSSR count). The van der Waals surface area contributed by atoms with Gasteiger partial charge in [0, 0.05) is 13.5 Å². The van der Waals surface area contributed by atoms with Crippen molar-refractivity contribution in [1.82, 2.24) is 29.9 Å². The SMILES string of the molecule is CCc1noc(CSc2ncnc3c2cnn3C)n1. The highest BCUT2D eigenvalue weighted by Crippen LogP contribution is 2.26. The molecule has 0 spiro atoms. The number of hydrogen-bond donors (Lipinski definition) is 0. The van der Waals surface area contributed by atoms with Gasteiger partial charge in [-0.15, -0.1) is 0 Å². The summed E-state index contributed by atoms with van der Waals surface area (Å²) in [6.07, 6.45) is 4.08. The molecule has 0 saturated heterocycles. The summed E-state index contributed by atoms with van der Waals surface area (Å²) in [5.74, 6) is 1.93. The molecule has 3 aromatic heterocycles. The molecule has 0 fully saturated rings. The topological polar surface area (TPSA) is 82.5 Å². The summed E-state index contributed by atoms with van der Waals surface area (Å²) in [5.41, 5.74) is 0.817. The van der Waals surface area contributed by atoms with Crippen molar-refractivity contribution in [2.75, 3.05) is 0 Å². The van der Waals surface area contributed by atoms with E-state index in [0.29, 0.717) is 11.6 Å². The van der Waals surface area contributed by atoms with Gasteiger partial charge in [-0.05, 0) is 0 Å². The van der Waals surface area contributed by atoms with Crippen LogP contribution in [0.4, 0.5) is 0 Å². The largest absolute Gasteiger partial charge is 0.338 e. The second-order valence-corrected chi connectivity index (χ2v) is 4.89. The van der Waals surface area contributed by atoms with Crippen molar-refractivity contribution < 1.29 is 4.52 Å². The highest BCUT2D eigenvalue weighted by Gasteiger charge is 2.11. The fraction of sp³-hybridized carbons (Fsp3) is 0.364. The Morgan fingerprint density at radius 1 is 1.37 bits per heavy atom. The van der Waals surface area contributed by atoms with Gasteiger partial charge in [-0.1, -0.05) is 23.8 Å². The molecular weight excluding hydrogens is 264 g/mol. The van der Waals surface area contributed by atoms with Gasteiger partial charge < -0.3 is 4.52 Å². The zero-order valence-corrected chi connectivity index (χ0v) is 11.4. The molecule has 3 aromatic rings. The lowest BCUT2D eigenvalue weighted by atomic mass is 10.4. The monoisotopic (exact) mass is 276 g/mol. The van der Waals surface area contributed by atoms with Crippen LogP contribution >= 0.6 is 11.8 Å². The Morgan fingerprint density at radius 2 is 2.26 bits per heavy atom. The van der Waals surface area contributed by atoms with E-state index in [1.165, 1.54) is 18.1 Å². The summed E-state index contributed by atoms with van der Waals surface area (Å²) in [7, 11) is 1.86. The maximum atomic E-state index is 5.15. The van der Waals surface area contributed by atoms with Crippen molar-refractivity contribution >= 4 is 22.8 Å². The number of aryl methyl sites for hydroxylation is 2. The molecule has 0 aromatic carbocycles. The summed E-state index contributed by atoms with van der Waals surface area (Å²) in [5, 5.41) is 9.85. The maximum absolute atomic E-state index is 5.15. The van der Waals surface area contributed by atoms with Crippen LogP contribution in [0.2, 0.25) is 0 Å². The van der Waals surface area contributed by atoms with Crippen molar-refractivity contribution in [3.05, 3.63) is 24.2 Å². The molecule has 8 heteroatoms. The second kappa shape index (κ2) is 4.96.